The SMILES string of the molecule is CC(C)(Oc1ccc(CCCC2=NN(c3ccc(C(F)(F)F)cc3)C(=O)C2(C)C)cc1)C(=O)NS(=O)(=O)c1ccccc1. The summed E-state index contributed by atoms with van der Waals surface area (Å²) in [5.41, 5.74) is -1.32. The van der Waals surface area contributed by atoms with Crippen LogP contribution in [0.2, 0.25) is 0 Å². The van der Waals surface area contributed by atoms with E-state index in [1.807, 2.05) is 12.1 Å². The van der Waals surface area contributed by atoms with Crippen molar-refractivity contribution in [1.82, 2.24) is 4.72 Å². The molecule has 0 aromatic heterocycles. The van der Waals surface area contributed by atoms with Crippen LogP contribution in [-0.2, 0) is 32.2 Å². The highest BCUT2D eigenvalue weighted by molar-refractivity contribution is 7.90. The normalized spacial score (nSPS) is 15.3. The molecule has 2 amide bonds. The zero-order valence-corrected chi connectivity index (χ0v) is 24.9. The Morgan fingerprint density at radius 1 is 0.930 bits per heavy atom. The Morgan fingerprint density at radius 2 is 1.53 bits per heavy atom. The van der Waals surface area contributed by atoms with Crippen LogP contribution in [0.4, 0.5) is 18.9 Å². The Balaban J connectivity index is 1.34. The molecule has 3 aromatic rings. The van der Waals surface area contributed by atoms with E-state index in [4.69, 9.17) is 4.74 Å². The highest BCUT2D eigenvalue weighted by Crippen LogP contribution is 2.36. The molecule has 12 heteroatoms. The van der Waals surface area contributed by atoms with Gasteiger partial charge in [-0.25, -0.2) is 18.1 Å². The van der Waals surface area contributed by atoms with E-state index in [-0.39, 0.29) is 16.5 Å². The second-order valence-electron chi connectivity index (χ2n) is 11.2. The minimum absolute atomic E-state index is 0.0351. The van der Waals surface area contributed by atoms with Crippen molar-refractivity contribution in [1.29, 1.82) is 0 Å². The number of sulfonamides is 1. The van der Waals surface area contributed by atoms with Gasteiger partial charge in [0.05, 0.1) is 27.3 Å². The fourth-order valence-electron chi connectivity index (χ4n) is 4.44. The number of nitrogens with one attached hydrogen (secondary N) is 1. The van der Waals surface area contributed by atoms with E-state index in [1.54, 1.807) is 44.2 Å². The summed E-state index contributed by atoms with van der Waals surface area (Å²) < 4.78 is 71.7. The lowest BCUT2D eigenvalue weighted by Crippen LogP contribution is -2.48. The number of hydrogen-bond donors (Lipinski definition) is 1. The summed E-state index contributed by atoms with van der Waals surface area (Å²) in [6, 6.07) is 18.9. The molecule has 0 atom stereocenters. The Kier molecular flexibility index (Phi) is 8.73. The van der Waals surface area contributed by atoms with Gasteiger partial charge in [0.1, 0.15) is 5.75 Å². The molecule has 4 rings (SSSR count). The maximum atomic E-state index is 13.0. The van der Waals surface area contributed by atoms with Crippen molar-refractivity contribution < 1.29 is 35.9 Å². The number of amides is 2. The molecule has 0 unspecified atom stereocenters. The molecule has 0 radical (unpaired) electrons. The molecular weight excluding hydrogens is 583 g/mol. The standard InChI is InChI=1S/C31H32F3N3O5S/c1-29(2)26(35-37(28(29)39)23-17-15-22(16-18-23)31(32,33)34)12-8-9-21-13-19-24(20-14-21)42-30(3,4)27(38)36-43(40,41)25-10-6-5-7-11-25/h5-7,10-11,13-20H,8-9,12H2,1-4H3,(H,36,38). The van der Waals surface area contributed by atoms with Gasteiger partial charge in [-0.1, -0.05) is 30.3 Å². The number of hydrogen-bond acceptors (Lipinski definition) is 6. The summed E-state index contributed by atoms with van der Waals surface area (Å²) in [5, 5.41) is 5.61. The molecule has 3 aromatic carbocycles. The van der Waals surface area contributed by atoms with Crippen LogP contribution in [0, 0.1) is 5.41 Å². The van der Waals surface area contributed by atoms with Crippen molar-refractivity contribution in [2.24, 2.45) is 10.5 Å². The van der Waals surface area contributed by atoms with Gasteiger partial charge in [0.2, 0.25) is 0 Å². The van der Waals surface area contributed by atoms with Crippen LogP contribution in [0.15, 0.2) is 88.9 Å². The Labute approximate surface area is 248 Å². The highest BCUT2D eigenvalue weighted by atomic mass is 32.2. The van der Waals surface area contributed by atoms with E-state index in [0.717, 1.165) is 22.7 Å². The van der Waals surface area contributed by atoms with Crippen molar-refractivity contribution in [3.8, 4) is 5.75 Å². The lowest BCUT2D eigenvalue weighted by molar-refractivity contribution is -0.137. The van der Waals surface area contributed by atoms with E-state index in [2.05, 4.69) is 9.82 Å². The van der Waals surface area contributed by atoms with Gasteiger partial charge in [0.15, 0.2) is 5.60 Å². The minimum atomic E-state index is -4.47. The molecule has 0 saturated carbocycles. The van der Waals surface area contributed by atoms with Crippen LogP contribution in [-0.4, -0.2) is 31.5 Å². The molecule has 1 aliphatic heterocycles. The lowest BCUT2D eigenvalue weighted by Gasteiger charge is -2.25. The third kappa shape index (κ3) is 7.24. The predicted molar refractivity (Wildman–Crippen MR) is 156 cm³/mol. The number of carbonyl (C=O) groups is 2. The number of carbonyl (C=O) groups excluding carboxylic acids is 2. The van der Waals surface area contributed by atoms with Crippen molar-refractivity contribution in [3.63, 3.8) is 0 Å². The number of anilines is 1. The predicted octanol–water partition coefficient (Wildman–Crippen LogP) is 6.12. The molecule has 0 spiro atoms. The quantitative estimate of drug-likeness (QED) is 0.296. The van der Waals surface area contributed by atoms with Gasteiger partial charge < -0.3 is 4.74 Å². The molecule has 0 saturated heterocycles. The molecule has 228 valence electrons. The van der Waals surface area contributed by atoms with E-state index in [9.17, 15) is 31.2 Å². The largest absolute Gasteiger partial charge is 0.478 e. The van der Waals surface area contributed by atoms with Gasteiger partial charge in [0.25, 0.3) is 21.8 Å². The zero-order chi connectivity index (χ0) is 31.6. The molecule has 1 aliphatic rings. The van der Waals surface area contributed by atoms with Gasteiger partial charge in [-0.15, -0.1) is 0 Å². The number of alkyl halides is 3. The molecule has 1 heterocycles. The van der Waals surface area contributed by atoms with Crippen LogP contribution in [0.1, 0.15) is 51.7 Å². The first-order valence-corrected chi connectivity index (χ1v) is 15.0. The lowest BCUT2D eigenvalue weighted by atomic mass is 9.84. The highest BCUT2D eigenvalue weighted by Gasteiger charge is 2.43. The third-order valence-corrected chi connectivity index (χ3v) is 8.46. The Morgan fingerprint density at radius 3 is 2.12 bits per heavy atom. The minimum Gasteiger partial charge on any atom is -0.478 e. The van der Waals surface area contributed by atoms with Crippen molar-refractivity contribution >= 4 is 33.2 Å². The maximum Gasteiger partial charge on any atom is 0.416 e. The summed E-state index contributed by atoms with van der Waals surface area (Å²) in [7, 11) is -4.05. The van der Waals surface area contributed by atoms with E-state index >= 15 is 0 Å². The molecule has 8 nitrogen and oxygen atoms in total. The maximum absolute atomic E-state index is 13.0. The van der Waals surface area contributed by atoms with Gasteiger partial charge in [0, 0.05) is 0 Å². The van der Waals surface area contributed by atoms with Crippen LogP contribution >= 0.6 is 0 Å². The summed E-state index contributed by atoms with van der Waals surface area (Å²) in [5.74, 6) is -0.757. The monoisotopic (exact) mass is 615 g/mol. The van der Waals surface area contributed by atoms with E-state index < -0.39 is 38.7 Å². The van der Waals surface area contributed by atoms with Crippen molar-refractivity contribution in [2.45, 2.75) is 63.6 Å². The second-order valence-corrected chi connectivity index (χ2v) is 12.9. The number of benzene rings is 3. The van der Waals surface area contributed by atoms with Crippen molar-refractivity contribution in [2.75, 3.05) is 5.01 Å². The van der Waals surface area contributed by atoms with Gasteiger partial charge in [-0.3, -0.25) is 9.59 Å². The first-order valence-electron chi connectivity index (χ1n) is 13.5. The molecule has 0 aliphatic carbocycles. The number of ether oxygens (including phenoxy) is 1. The third-order valence-electron chi connectivity index (χ3n) is 7.11. The average molecular weight is 616 g/mol. The zero-order valence-electron chi connectivity index (χ0n) is 24.1. The summed E-state index contributed by atoms with van der Waals surface area (Å²) in [6.45, 7) is 6.42. The summed E-state index contributed by atoms with van der Waals surface area (Å²) in [6.07, 6.45) is -2.68. The van der Waals surface area contributed by atoms with Crippen LogP contribution in [0.3, 0.4) is 0 Å². The Hall–Kier alpha value is -4.19. The second kappa shape index (κ2) is 11.8. The molecule has 0 bridgehead atoms. The molecular formula is C31H32F3N3O5S. The first-order chi connectivity index (χ1) is 20.0. The molecule has 0 fully saturated rings. The molecule has 1 N–H and O–H groups in total. The number of nitrogens with zero attached hydrogens (tertiary/aromatic N) is 2. The van der Waals surface area contributed by atoms with Gasteiger partial charge in [-0.2, -0.15) is 18.3 Å². The van der Waals surface area contributed by atoms with E-state index in [0.29, 0.717) is 30.7 Å². The topological polar surface area (TPSA) is 105 Å². The van der Waals surface area contributed by atoms with Crippen LogP contribution in [0.25, 0.3) is 0 Å². The number of aryl methyl sites for hydroxylation is 1. The number of halogens is 3. The van der Waals surface area contributed by atoms with Gasteiger partial charge in [-0.05, 0) is 101 Å². The average Bonchev–Trinajstić information content (AvgIpc) is 3.17. The molecule has 43 heavy (non-hydrogen) atoms. The Bertz CT molecular complexity index is 1620. The first kappa shape index (κ1) is 31.7. The fourth-order valence-corrected chi connectivity index (χ4v) is 5.56. The summed E-state index contributed by atoms with van der Waals surface area (Å²) >= 11 is 0. The smallest absolute Gasteiger partial charge is 0.416 e. The van der Waals surface area contributed by atoms with Gasteiger partial charge >= 0.3 is 6.18 Å². The van der Waals surface area contributed by atoms with Crippen LogP contribution < -0.4 is 14.5 Å². The number of rotatable bonds is 10. The van der Waals surface area contributed by atoms with Crippen LogP contribution in [0.5, 0.6) is 5.75 Å². The number of hydrazone groups is 1. The van der Waals surface area contributed by atoms with E-state index in [1.165, 1.54) is 38.1 Å². The summed E-state index contributed by atoms with van der Waals surface area (Å²) in [4.78, 5) is 25.7. The fraction of sp³-hybridized carbons (Fsp3) is 0.323. The van der Waals surface area contributed by atoms with Crippen molar-refractivity contribution in [3.05, 3.63) is 90.0 Å².